The minimum Gasteiger partial charge on any atom is -0.463 e. The average Bonchev–Trinajstić information content (AvgIpc) is 2.84. The van der Waals surface area contributed by atoms with E-state index < -0.39 is 12.0 Å². The highest BCUT2D eigenvalue weighted by Gasteiger charge is 2.24. The SMILES string of the molecule is C=CCCCCC(=O)OC[C@@H](NC(=O)[C@@H](CC=C)CC(=O)NCCOCCO)c1ccccc1. The van der Waals surface area contributed by atoms with E-state index in [4.69, 9.17) is 14.6 Å². The molecule has 2 atom stereocenters. The molecule has 8 heteroatoms. The number of ether oxygens (including phenoxy) is 2. The van der Waals surface area contributed by atoms with Gasteiger partial charge in [-0.3, -0.25) is 14.4 Å². The molecule has 188 valence electrons. The van der Waals surface area contributed by atoms with Gasteiger partial charge in [0.1, 0.15) is 6.61 Å². The van der Waals surface area contributed by atoms with Crippen molar-refractivity contribution in [2.24, 2.45) is 5.92 Å². The number of allylic oxidation sites excluding steroid dienone is 2. The highest BCUT2D eigenvalue weighted by atomic mass is 16.5. The summed E-state index contributed by atoms with van der Waals surface area (Å²) in [7, 11) is 0. The van der Waals surface area contributed by atoms with Crippen LogP contribution in [0, 0.1) is 5.92 Å². The van der Waals surface area contributed by atoms with Crippen LogP contribution in [0.3, 0.4) is 0 Å². The molecular formula is C26H38N2O6. The second kappa shape index (κ2) is 18.5. The molecule has 1 aromatic carbocycles. The lowest BCUT2D eigenvalue weighted by Gasteiger charge is -2.22. The van der Waals surface area contributed by atoms with Crippen molar-refractivity contribution in [3.63, 3.8) is 0 Å². The van der Waals surface area contributed by atoms with Crippen molar-refractivity contribution in [2.75, 3.05) is 33.0 Å². The number of hydrogen-bond acceptors (Lipinski definition) is 6. The minimum absolute atomic E-state index is 0.00521. The van der Waals surface area contributed by atoms with Gasteiger partial charge in [0.05, 0.1) is 31.8 Å². The van der Waals surface area contributed by atoms with Crippen LogP contribution in [0.15, 0.2) is 55.6 Å². The summed E-state index contributed by atoms with van der Waals surface area (Å²) in [5, 5.41) is 14.3. The van der Waals surface area contributed by atoms with Gasteiger partial charge in [-0.2, -0.15) is 0 Å². The lowest BCUT2D eigenvalue weighted by molar-refractivity contribution is -0.145. The zero-order valence-electron chi connectivity index (χ0n) is 19.9. The van der Waals surface area contributed by atoms with Gasteiger partial charge in [0.15, 0.2) is 0 Å². The molecular weight excluding hydrogens is 436 g/mol. The number of aliphatic hydroxyl groups excluding tert-OH is 1. The molecule has 0 bridgehead atoms. The average molecular weight is 475 g/mol. The van der Waals surface area contributed by atoms with Crippen molar-refractivity contribution < 1.29 is 29.0 Å². The third-order valence-electron chi connectivity index (χ3n) is 5.03. The number of amides is 2. The maximum Gasteiger partial charge on any atom is 0.305 e. The highest BCUT2D eigenvalue weighted by Crippen LogP contribution is 2.17. The van der Waals surface area contributed by atoms with Gasteiger partial charge in [0.25, 0.3) is 0 Å². The topological polar surface area (TPSA) is 114 Å². The van der Waals surface area contributed by atoms with Gasteiger partial charge >= 0.3 is 5.97 Å². The normalized spacial score (nSPS) is 12.3. The van der Waals surface area contributed by atoms with Crippen LogP contribution in [0.2, 0.25) is 0 Å². The van der Waals surface area contributed by atoms with Gasteiger partial charge < -0.3 is 25.2 Å². The summed E-state index contributed by atoms with van der Waals surface area (Å²) in [5.41, 5.74) is 0.804. The van der Waals surface area contributed by atoms with Crippen molar-refractivity contribution in [3.8, 4) is 0 Å². The maximum atomic E-state index is 13.0. The molecule has 0 unspecified atom stereocenters. The Morgan fingerprint density at radius 2 is 1.82 bits per heavy atom. The van der Waals surface area contributed by atoms with Crippen molar-refractivity contribution >= 4 is 17.8 Å². The Morgan fingerprint density at radius 3 is 2.50 bits per heavy atom. The van der Waals surface area contributed by atoms with E-state index >= 15 is 0 Å². The molecule has 1 rings (SSSR count). The van der Waals surface area contributed by atoms with E-state index in [0.29, 0.717) is 12.8 Å². The molecule has 0 aromatic heterocycles. The van der Waals surface area contributed by atoms with Crippen molar-refractivity contribution in [2.45, 2.75) is 44.6 Å². The number of carbonyl (C=O) groups excluding carboxylic acids is 3. The predicted molar refractivity (Wildman–Crippen MR) is 131 cm³/mol. The second-order valence-corrected chi connectivity index (χ2v) is 7.80. The zero-order valence-corrected chi connectivity index (χ0v) is 19.9. The first-order chi connectivity index (χ1) is 16.5. The summed E-state index contributed by atoms with van der Waals surface area (Å²) in [6, 6.07) is 8.73. The molecule has 0 saturated carbocycles. The number of esters is 1. The predicted octanol–water partition coefficient (Wildman–Crippen LogP) is 2.84. The minimum atomic E-state index is -0.614. The van der Waals surface area contributed by atoms with E-state index in [-0.39, 0.29) is 57.2 Å². The fourth-order valence-electron chi connectivity index (χ4n) is 3.21. The number of unbranched alkanes of at least 4 members (excludes halogenated alkanes) is 2. The van der Waals surface area contributed by atoms with Crippen LogP contribution in [0.5, 0.6) is 0 Å². The number of carbonyl (C=O) groups is 3. The summed E-state index contributed by atoms with van der Waals surface area (Å²) < 4.78 is 10.5. The fraction of sp³-hybridized carbons (Fsp3) is 0.500. The Labute approximate surface area is 202 Å². The van der Waals surface area contributed by atoms with Gasteiger partial charge in [-0.1, -0.05) is 42.5 Å². The zero-order chi connectivity index (χ0) is 25.0. The van der Waals surface area contributed by atoms with E-state index in [1.807, 2.05) is 36.4 Å². The second-order valence-electron chi connectivity index (χ2n) is 7.80. The summed E-state index contributed by atoms with van der Waals surface area (Å²) in [5.74, 6) is -1.53. The quantitative estimate of drug-likeness (QED) is 0.161. The molecule has 0 fully saturated rings. The molecule has 2 amide bonds. The molecule has 1 aromatic rings. The lowest BCUT2D eigenvalue weighted by Crippen LogP contribution is -2.39. The molecule has 0 aliphatic heterocycles. The molecule has 0 heterocycles. The molecule has 3 N–H and O–H groups in total. The highest BCUT2D eigenvalue weighted by molar-refractivity contribution is 5.86. The third kappa shape index (κ3) is 12.9. The standard InChI is InChI=1S/C26H38N2O6/c1-3-5-6-10-14-25(31)34-20-23(21-12-8-7-9-13-21)28-26(32)22(11-4-2)19-24(30)27-15-17-33-18-16-29/h3-4,7-9,12-13,22-23,29H,1-2,5-6,10-11,14-20H2,(H,27,30)(H,28,32)/t22-,23+/m0/s1. The van der Waals surface area contributed by atoms with Gasteiger partial charge in [0, 0.05) is 19.4 Å². The van der Waals surface area contributed by atoms with Crippen LogP contribution in [-0.4, -0.2) is 55.9 Å². The molecule has 0 spiro atoms. The molecule has 0 saturated heterocycles. The van der Waals surface area contributed by atoms with Crippen LogP contribution in [0.1, 0.15) is 50.1 Å². The monoisotopic (exact) mass is 474 g/mol. The number of nitrogens with one attached hydrogen (secondary N) is 2. The number of rotatable bonds is 19. The lowest BCUT2D eigenvalue weighted by atomic mass is 9.98. The Balaban J connectivity index is 2.68. The van der Waals surface area contributed by atoms with Gasteiger partial charge in [0.2, 0.25) is 11.8 Å². The van der Waals surface area contributed by atoms with Crippen LogP contribution < -0.4 is 10.6 Å². The van der Waals surface area contributed by atoms with Crippen LogP contribution in [0.4, 0.5) is 0 Å². The van der Waals surface area contributed by atoms with Crippen molar-refractivity contribution in [1.82, 2.24) is 10.6 Å². The van der Waals surface area contributed by atoms with Gasteiger partial charge in [-0.25, -0.2) is 0 Å². The first kappa shape index (κ1) is 29.1. The van der Waals surface area contributed by atoms with Crippen LogP contribution in [0.25, 0.3) is 0 Å². The molecule has 0 aliphatic rings. The fourth-order valence-corrected chi connectivity index (χ4v) is 3.21. The Morgan fingerprint density at radius 1 is 1.06 bits per heavy atom. The van der Waals surface area contributed by atoms with E-state index in [0.717, 1.165) is 24.8 Å². The largest absolute Gasteiger partial charge is 0.463 e. The number of benzene rings is 1. The van der Waals surface area contributed by atoms with Gasteiger partial charge in [-0.05, 0) is 31.2 Å². The Bertz CT molecular complexity index is 753. The molecule has 0 aliphatic carbocycles. The van der Waals surface area contributed by atoms with E-state index in [2.05, 4.69) is 23.8 Å². The summed E-state index contributed by atoms with van der Waals surface area (Å²) in [4.78, 5) is 37.4. The van der Waals surface area contributed by atoms with Crippen LogP contribution >= 0.6 is 0 Å². The molecule has 34 heavy (non-hydrogen) atoms. The molecule has 8 nitrogen and oxygen atoms in total. The molecule has 0 radical (unpaired) electrons. The van der Waals surface area contributed by atoms with Gasteiger partial charge in [-0.15, -0.1) is 13.2 Å². The first-order valence-electron chi connectivity index (χ1n) is 11.7. The smallest absolute Gasteiger partial charge is 0.305 e. The number of aliphatic hydroxyl groups is 1. The van der Waals surface area contributed by atoms with E-state index in [1.165, 1.54) is 0 Å². The van der Waals surface area contributed by atoms with Crippen molar-refractivity contribution in [3.05, 3.63) is 61.2 Å². The summed E-state index contributed by atoms with van der Waals surface area (Å²) in [6.07, 6.45) is 6.48. The van der Waals surface area contributed by atoms with E-state index in [9.17, 15) is 14.4 Å². The Kier molecular flexibility index (Phi) is 15.8. The van der Waals surface area contributed by atoms with Crippen LogP contribution in [-0.2, 0) is 23.9 Å². The Hall–Kier alpha value is -2.97. The van der Waals surface area contributed by atoms with Crippen molar-refractivity contribution in [1.29, 1.82) is 0 Å². The first-order valence-corrected chi connectivity index (χ1v) is 11.7. The summed E-state index contributed by atoms with van der Waals surface area (Å²) in [6.45, 7) is 8.06. The maximum absolute atomic E-state index is 13.0. The third-order valence-corrected chi connectivity index (χ3v) is 5.03. The number of hydrogen-bond donors (Lipinski definition) is 3. The summed E-state index contributed by atoms with van der Waals surface area (Å²) >= 11 is 0. The van der Waals surface area contributed by atoms with E-state index in [1.54, 1.807) is 6.08 Å².